The largest absolute Gasteiger partial charge is 0.312 e. The summed E-state index contributed by atoms with van der Waals surface area (Å²) >= 11 is 0. The van der Waals surface area contributed by atoms with Gasteiger partial charge in [-0.25, -0.2) is 13.1 Å². The molecule has 1 aliphatic heterocycles. The van der Waals surface area contributed by atoms with Gasteiger partial charge in [0.2, 0.25) is 15.9 Å². The number of sulfonamides is 1. The van der Waals surface area contributed by atoms with Crippen LogP contribution in [0.1, 0.15) is 37.3 Å². The quantitative estimate of drug-likeness (QED) is 0.900. The van der Waals surface area contributed by atoms with Crippen molar-refractivity contribution in [3.8, 4) is 0 Å². The third-order valence-corrected chi connectivity index (χ3v) is 7.03. The van der Waals surface area contributed by atoms with Crippen molar-refractivity contribution in [3.63, 3.8) is 0 Å². The summed E-state index contributed by atoms with van der Waals surface area (Å²) in [4.78, 5) is 13.6. The topological polar surface area (TPSA) is 66.5 Å². The highest BCUT2D eigenvalue weighted by Gasteiger charge is 2.42. The van der Waals surface area contributed by atoms with Crippen molar-refractivity contribution in [2.24, 2.45) is 0 Å². The van der Waals surface area contributed by atoms with Crippen molar-refractivity contribution < 1.29 is 13.2 Å². The zero-order valence-electron chi connectivity index (χ0n) is 14.7. The van der Waals surface area contributed by atoms with Crippen LogP contribution in [0, 0.1) is 0 Å². The molecule has 26 heavy (non-hydrogen) atoms. The van der Waals surface area contributed by atoms with Crippen LogP contribution in [0.4, 0.5) is 5.69 Å². The number of benzene rings is 2. The minimum absolute atomic E-state index is 0.0185. The zero-order chi connectivity index (χ0) is 18.4. The molecule has 0 atom stereocenters. The number of amides is 1. The van der Waals surface area contributed by atoms with Gasteiger partial charge in [-0.15, -0.1) is 0 Å². The lowest BCUT2D eigenvalue weighted by Crippen LogP contribution is -2.50. The number of nitrogens with one attached hydrogen (secondary N) is 1. The first-order valence-electron chi connectivity index (χ1n) is 8.92. The highest BCUT2D eigenvalue weighted by molar-refractivity contribution is 7.89. The van der Waals surface area contributed by atoms with Gasteiger partial charge in [0.15, 0.2) is 0 Å². The predicted octanol–water partition coefficient (Wildman–Crippen LogP) is 2.95. The lowest BCUT2D eigenvalue weighted by Gasteiger charge is -2.42. The van der Waals surface area contributed by atoms with Crippen molar-refractivity contribution in [1.29, 1.82) is 0 Å². The average Bonchev–Trinajstić information content (AvgIpc) is 3.02. The molecule has 1 amide bonds. The molecule has 0 unspecified atom stereocenters. The maximum Gasteiger partial charge on any atom is 0.241 e. The molecule has 1 aliphatic carbocycles. The van der Waals surface area contributed by atoms with Crippen LogP contribution < -0.4 is 9.62 Å². The highest BCUT2D eigenvalue weighted by Crippen LogP contribution is 2.42. The smallest absolute Gasteiger partial charge is 0.241 e. The molecule has 1 heterocycles. The Bertz CT molecular complexity index is 950. The van der Waals surface area contributed by atoms with Gasteiger partial charge in [-0.1, -0.05) is 30.3 Å². The molecule has 6 heteroatoms. The van der Waals surface area contributed by atoms with E-state index in [2.05, 4.69) is 4.72 Å². The van der Waals surface area contributed by atoms with Gasteiger partial charge in [0.25, 0.3) is 0 Å². The van der Waals surface area contributed by atoms with Gasteiger partial charge in [-0.05, 0) is 55.0 Å². The minimum atomic E-state index is -3.64. The van der Waals surface area contributed by atoms with Crippen molar-refractivity contribution in [2.75, 3.05) is 11.4 Å². The van der Waals surface area contributed by atoms with E-state index < -0.39 is 15.6 Å². The number of hydrogen-bond donors (Lipinski definition) is 1. The summed E-state index contributed by atoms with van der Waals surface area (Å²) in [6.07, 6.45) is 3.30. The Labute approximate surface area is 154 Å². The van der Waals surface area contributed by atoms with Gasteiger partial charge in [-0.2, -0.15) is 0 Å². The van der Waals surface area contributed by atoms with Gasteiger partial charge in [0.1, 0.15) is 0 Å². The Morgan fingerprint density at radius 1 is 1.12 bits per heavy atom. The van der Waals surface area contributed by atoms with E-state index in [0.29, 0.717) is 13.0 Å². The lowest BCUT2D eigenvalue weighted by atomic mass is 9.73. The third-order valence-electron chi connectivity index (χ3n) is 5.50. The molecule has 0 radical (unpaired) electrons. The lowest BCUT2D eigenvalue weighted by molar-refractivity contribution is -0.116. The van der Waals surface area contributed by atoms with Crippen LogP contribution in [0.2, 0.25) is 0 Å². The molecule has 1 fully saturated rings. The Morgan fingerprint density at radius 3 is 2.46 bits per heavy atom. The van der Waals surface area contributed by atoms with E-state index in [1.807, 2.05) is 30.3 Å². The maximum absolute atomic E-state index is 13.0. The predicted molar refractivity (Wildman–Crippen MR) is 100 cm³/mol. The molecule has 0 spiro atoms. The molecule has 2 aromatic carbocycles. The Hall–Kier alpha value is -2.18. The number of anilines is 1. The first-order chi connectivity index (χ1) is 12.4. The number of nitrogens with zero attached hydrogens (tertiary/aromatic N) is 1. The summed E-state index contributed by atoms with van der Waals surface area (Å²) < 4.78 is 29.0. The molecule has 136 valence electrons. The van der Waals surface area contributed by atoms with Crippen molar-refractivity contribution >= 4 is 21.6 Å². The molecular formula is C20H22N2O3S. The summed E-state index contributed by atoms with van der Waals surface area (Å²) in [7, 11) is -3.64. The van der Waals surface area contributed by atoms with E-state index in [4.69, 9.17) is 0 Å². The number of rotatable bonds is 4. The summed E-state index contributed by atoms with van der Waals surface area (Å²) in [5.74, 6) is -0.0185. The fourth-order valence-electron chi connectivity index (χ4n) is 3.93. The maximum atomic E-state index is 13.0. The molecule has 0 saturated heterocycles. The Kier molecular flexibility index (Phi) is 4.12. The first kappa shape index (κ1) is 17.2. The van der Waals surface area contributed by atoms with Gasteiger partial charge in [0.05, 0.1) is 10.4 Å². The number of fused-ring (bicyclic) bond motifs is 1. The average molecular weight is 370 g/mol. The summed E-state index contributed by atoms with van der Waals surface area (Å²) in [5.41, 5.74) is 2.23. The fourth-order valence-corrected chi connectivity index (χ4v) is 5.42. The van der Waals surface area contributed by atoms with Crippen LogP contribution in [0.5, 0.6) is 0 Å². The molecule has 2 aliphatic rings. The van der Waals surface area contributed by atoms with Crippen LogP contribution in [-0.4, -0.2) is 20.9 Å². The van der Waals surface area contributed by atoms with Gasteiger partial charge in [-0.3, -0.25) is 4.79 Å². The van der Waals surface area contributed by atoms with Gasteiger partial charge >= 0.3 is 0 Å². The second kappa shape index (κ2) is 6.21. The second-order valence-corrected chi connectivity index (χ2v) is 8.80. The summed E-state index contributed by atoms with van der Waals surface area (Å²) in [6.45, 7) is 2.14. The van der Waals surface area contributed by atoms with E-state index in [1.54, 1.807) is 23.1 Å². The Balaban J connectivity index is 1.65. The van der Waals surface area contributed by atoms with Crippen molar-refractivity contribution in [2.45, 2.75) is 43.0 Å². The monoisotopic (exact) mass is 370 g/mol. The zero-order valence-corrected chi connectivity index (χ0v) is 15.6. The molecule has 5 nitrogen and oxygen atoms in total. The highest BCUT2D eigenvalue weighted by atomic mass is 32.2. The molecular weight excluding hydrogens is 348 g/mol. The number of carbonyl (C=O) groups is 1. The van der Waals surface area contributed by atoms with Crippen molar-refractivity contribution in [3.05, 3.63) is 59.7 Å². The minimum Gasteiger partial charge on any atom is -0.312 e. The van der Waals surface area contributed by atoms with Crippen LogP contribution in [-0.2, 0) is 26.8 Å². The molecule has 1 saturated carbocycles. The standard InChI is InChI=1S/C20H22N2O3S/c1-15(23)22-13-10-16-14-18(8-9-19(16)22)26(24,25)21-20(11-5-12-20)17-6-3-2-4-7-17/h2-4,6-9,14,21H,5,10-13H2,1H3. The van der Waals surface area contributed by atoms with Crippen molar-refractivity contribution in [1.82, 2.24) is 4.72 Å². The second-order valence-electron chi connectivity index (χ2n) is 7.12. The van der Waals surface area contributed by atoms with E-state index in [1.165, 1.54) is 6.92 Å². The van der Waals surface area contributed by atoms with E-state index in [-0.39, 0.29) is 10.8 Å². The fraction of sp³-hybridized carbons (Fsp3) is 0.350. The molecule has 4 rings (SSSR count). The van der Waals surface area contributed by atoms with E-state index in [9.17, 15) is 13.2 Å². The van der Waals surface area contributed by atoms with Gasteiger partial charge in [0, 0.05) is 19.2 Å². The van der Waals surface area contributed by atoms with E-state index in [0.717, 1.165) is 36.1 Å². The summed E-state index contributed by atoms with van der Waals surface area (Å²) in [6, 6.07) is 14.8. The van der Waals surface area contributed by atoms with Gasteiger partial charge < -0.3 is 4.90 Å². The third kappa shape index (κ3) is 2.83. The molecule has 1 N–H and O–H groups in total. The normalized spacial score (nSPS) is 18.3. The number of hydrogen-bond acceptors (Lipinski definition) is 3. The molecule has 2 aromatic rings. The number of carbonyl (C=O) groups excluding carboxylic acids is 1. The van der Waals surface area contributed by atoms with Crippen LogP contribution >= 0.6 is 0 Å². The van der Waals surface area contributed by atoms with Crippen LogP contribution in [0.3, 0.4) is 0 Å². The summed E-state index contributed by atoms with van der Waals surface area (Å²) in [5, 5.41) is 0. The first-order valence-corrected chi connectivity index (χ1v) is 10.4. The van der Waals surface area contributed by atoms with Crippen LogP contribution in [0.25, 0.3) is 0 Å². The molecule has 0 bridgehead atoms. The van der Waals surface area contributed by atoms with E-state index >= 15 is 0 Å². The Morgan fingerprint density at radius 2 is 1.85 bits per heavy atom. The SMILES string of the molecule is CC(=O)N1CCc2cc(S(=O)(=O)NC3(c4ccccc4)CCC3)ccc21. The van der Waals surface area contributed by atoms with Crippen LogP contribution in [0.15, 0.2) is 53.4 Å². The molecule has 0 aromatic heterocycles.